The molecule has 1 heterocycles. The molecule has 90 valence electrons. The largest absolute Gasteiger partial charge is 0.490 e. The van der Waals surface area contributed by atoms with E-state index in [-0.39, 0.29) is 12.4 Å². The summed E-state index contributed by atoms with van der Waals surface area (Å²) < 4.78 is 23.7. The Morgan fingerprint density at radius 2 is 1.94 bits per heavy atom. The van der Waals surface area contributed by atoms with Gasteiger partial charge >= 0.3 is 0 Å². The summed E-state index contributed by atoms with van der Waals surface area (Å²) in [6, 6.07) is 8.94. The number of hydrogen-bond acceptors (Lipinski definition) is 3. The Kier molecular flexibility index (Phi) is 3.81. The summed E-state index contributed by atoms with van der Waals surface area (Å²) in [4.78, 5) is 0. The molecule has 17 heavy (non-hydrogen) atoms. The maximum atomic E-state index is 12.6. The van der Waals surface area contributed by atoms with Crippen LogP contribution in [0.4, 0.5) is 4.39 Å². The van der Waals surface area contributed by atoms with Gasteiger partial charge in [0.15, 0.2) is 4.67 Å². The minimum atomic E-state index is -0.855. The van der Waals surface area contributed by atoms with Gasteiger partial charge in [0, 0.05) is 0 Å². The van der Waals surface area contributed by atoms with E-state index in [0.29, 0.717) is 16.2 Å². The number of benzene rings is 1. The van der Waals surface area contributed by atoms with E-state index in [2.05, 4.69) is 15.9 Å². The molecule has 1 unspecified atom stereocenters. The fraction of sp³-hybridized carbons (Fsp3) is 0.167. The number of aliphatic hydroxyl groups excluding tert-OH is 1. The Morgan fingerprint density at radius 3 is 2.53 bits per heavy atom. The molecule has 0 radical (unpaired) electrons. The van der Waals surface area contributed by atoms with Crippen molar-refractivity contribution >= 4 is 15.9 Å². The summed E-state index contributed by atoms with van der Waals surface area (Å²) in [6.07, 6.45) is -0.855. The van der Waals surface area contributed by atoms with Crippen molar-refractivity contribution in [3.63, 3.8) is 0 Å². The maximum absolute atomic E-state index is 12.6. The first kappa shape index (κ1) is 12.1. The van der Waals surface area contributed by atoms with E-state index in [1.807, 2.05) is 0 Å². The van der Waals surface area contributed by atoms with Gasteiger partial charge < -0.3 is 14.3 Å². The molecule has 2 rings (SSSR count). The monoisotopic (exact) mass is 300 g/mol. The molecule has 2 aromatic rings. The number of halogens is 2. The van der Waals surface area contributed by atoms with Crippen LogP contribution in [0.1, 0.15) is 11.9 Å². The molecule has 0 amide bonds. The lowest BCUT2D eigenvalue weighted by molar-refractivity contribution is 0.0879. The van der Waals surface area contributed by atoms with Crippen LogP contribution in [0.3, 0.4) is 0 Å². The number of rotatable bonds is 4. The van der Waals surface area contributed by atoms with E-state index in [4.69, 9.17) is 9.15 Å². The molecule has 0 aliphatic carbocycles. The highest BCUT2D eigenvalue weighted by Gasteiger charge is 2.12. The molecule has 1 aromatic carbocycles. The summed E-state index contributed by atoms with van der Waals surface area (Å²) in [5.41, 5.74) is 0. The molecule has 1 aromatic heterocycles. The van der Waals surface area contributed by atoms with Gasteiger partial charge in [-0.1, -0.05) is 0 Å². The van der Waals surface area contributed by atoms with E-state index in [0.717, 1.165) is 0 Å². The van der Waals surface area contributed by atoms with Crippen molar-refractivity contribution < 1.29 is 18.7 Å². The van der Waals surface area contributed by atoms with Crippen molar-refractivity contribution in [2.75, 3.05) is 6.61 Å². The summed E-state index contributed by atoms with van der Waals surface area (Å²) in [7, 11) is 0. The third-order valence-electron chi connectivity index (χ3n) is 2.14. The Hall–Kier alpha value is -1.33. The van der Waals surface area contributed by atoms with Crippen LogP contribution in [0.5, 0.6) is 5.75 Å². The maximum Gasteiger partial charge on any atom is 0.169 e. The molecular weight excluding hydrogens is 291 g/mol. The minimum absolute atomic E-state index is 0.0472. The van der Waals surface area contributed by atoms with Gasteiger partial charge in [-0.25, -0.2) is 4.39 Å². The molecule has 0 saturated heterocycles. The van der Waals surface area contributed by atoms with Gasteiger partial charge in [0.05, 0.1) is 0 Å². The Morgan fingerprint density at radius 1 is 1.24 bits per heavy atom. The van der Waals surface area contributed by atoms with E-state index in [1.54, 1.807) is 12.1 Å². The lowest BCUT2D eigenvalue weighted by Crippen LogP contribution is -2.08. The van der Waals surface area contributed by atoms with Gasteiger partial charge in [-0.15, -0.1) is 0 Å². The molecule has 1 atom stereocenters. The van der Waals surface area contributed by atoms with Crippen molar-refractivity contribution in [1.82, 2.24) is 0 Å². The first-order valence-electron chi connectivity index (χ1n) is 4.97. The first-order valence-corrected chi connectivity index (χ1v) is 5.76. The first-order chi connectivity index (χ1) is 8.15. The van der Waals surface area contributed by atoms with Crippen LogP contribution < -0.4 is 4.74 Å². The number of ether oxygens (including phenoxy) is 1. The molecule has 3 nitrogen and oxygen atoms in total. The Labute approximate surface area is 106 Å². The average molecular weight is 301 g/mol. The lowest BCUT2D eigenvalue weighted by atomic mass is 10.3. The van der Waals surface area contributed by atoms with E-state index >= 15 is 0 Å². The highest BCUT2D eigenvalue weighted by Crippen LogP contribution is 2.21. The molecule has 0 spiro atoms. The Balaban J connectivity index is 1.92. The topological polar surface area (TPSA) is 42.6 Å². The van der Waals surface area contributed by atoms with E-state index < -0.39 is 6.10 Å². The highest BCUT2D eigenvalue weighted by molar-refractivity contribution is 9.10. The van der Waals surface area contributed by atoms with Gasteiger partial charge in [-0.2, -0.15) is 0 Å². The lowest BCUT2D eigenvalue weighted by Gasteiger charge is -2.09. The minimum Gasteiger partial charge on any atom is -0.490 e. The van der Waals surface area contributed by atoms with E-state index in [1.165, 1.54) is 24.3 Å². The molecule has 0 aliphatic heterocycles. The van der Waals surface area contributed by atoms with Crippen LogP contribution in [0, 0.1) is 5.82 Å². The zero-order valence-electron chi connectivity index (χ0n) is 8.77. The number of furan rings is 1. The second-order valence-electron chi connectivity index (χ2n) is 3.42. The molecule has 0 fully saturated rings. The Bertz CT molecular complexity index is 481. The van der Waals surface area contributed by atoms with Gasteiger partial charge in [-0.05, 0) is 52.3 Å². The van der Waals surface area contributed by atoms with E-state index in [9.17, 15) is 9.50 Å². The second-order valence-corrected chi connectivity index (χ2v) is 4.20. The predicted octanol–water partition coefficient (Wildman–Crippen LogP) is 3.29. The number of aliphatic hydroxyl groups is 1. The van der Waals surface area contributed by atoms with Gasteiger partial charge in [0.25, 0.3) is 0 Å². The third kappa shape index (κ3) is 3.31. The second kappa shape index (κ2) is 5.33. The van der Waals surface area contributed by atoms with Crippen molar-refractivity contribution in [2.45, 2.75) is 6.10 Å². The third-order valence-corrected chi connectivity index (χ3v) is 2.57. The molecular formula is C12H10BrFO3. The zero-order valence-corrected chi connectivity index (χ0v) is 10.4. The predicted molar refractivity (Wildman–Crippen MR) is 63.3 cm³/mol. The zero-order chi connectivity index (χ0) is 12.3. The standard InChI is InChI=1S/C12H10BrFO3/c13-12-6-5-11(17-12)10(15)7-16-9-3-1-8(14)2-4-9/h1-6,10,15H,7H2. The average Bonchev–Trinajstić information content (AvgIpc) is 2.75. The quantitative estimate of drug-likeness (QED) is 0.942. The van der Waals surface area contributed by atoms with Gasteiger partial charge in [0.1, 0.15) is 30.0 Å². The van der Waals surface area contributed by atoms with Gasteiger partial charge in [0.2, 0.25) is 0 Å². The van der Waals surface area contributed by atoms with Crippen LogP contribution >= 0.6 is 15.9 Å². The molecule has 0 aliphatic rings. The fourth-order valence-electron chi connectivity index (χ4n) is 1.30. The molecule has 0 bridgehead atoms. The smallest absolute Gasteiger partial charge is 0.169 e. The van der Waals surface area contributed by atoms with Crippen LogP contribution in [0.15, 0.2) is 45.5 Å². The summed E-state index contributed by atoms with van der Waals surface area (Å²) in [6.45, 7) is 0.0472. The normalized spacial score (nSPS) is 12.4. The SMILES string of the molecule is OC(COc1ccc(F)cc1)c1ccc(Br)o1. The summed E-state index contributed by atoms with van der Waals surface area (Å²) >= 11 is 3.14. The van der Waals surface area contributed by atoms with Crippen LogP contribution in [0.2, 0.25) is 0 Å². The number of hydrogen-bond donors (Lipinski definition) is 1. The molecule has 0 saturated carbocycles. The molecule has 1 N–H and O–H groups in total. The summed E-state index contributed by atoms with van der Waals surface area (Å²) in [5.74, 6) is 0.586. The van der Waals surface area contributed by atoms with Crippen molar-refractivity contribution in [3.05, 3.63) is 52.6 Å². The highest BCUT2D eigenvalue weighted by atomic mass is 79.9. The summed E-state index contributed by atoms with van der Waals surface area (Å²) in [5, 5.41) is 9.74. The van der Waals surface area contributed by atoms with Gasteiger partial charge in [-0.3, -0.25) is 0 Å². The van der Waals surface area contributed by atoms with Crippen molar-refractivity contribution in [2.24, 2.45) is 0 Å². The van der Waals surface area contributed by atoms with Crippen LogP contribution in [-0.4, -0.2) is 11.7 Å². The van der Waals surface area contributed by atoms with Crippen LogP contribution in [-0.2, 0) is 0 Å². The van der Waals surface area contributed by atoms with Crippen LogP contribution in [0.25, 0.3) is 0 Å². The van der Waals surface area contributed by atoms with Crippen molar-refractivity contribution in [3.8, 4) is 5.75 Å². The van der Waals surface area contributed by atoms with Crippen molar-refractivity contribution in [1.29, 1.82) is 0 Å². The molecule has 5 heteroatoms. The fourth-order valence-corrected chi connectivity index (χ4v) is 1.61.